The summed E-state index contributed by atoms with van der Waals surface area (Å²) in [4.78, 5) is 14.3. The number of nitrogens with one attached hydrogen (secondary N) is 1. The predicted molar refractivity (Wildman–Crippen MR) is 52.7 cm³/mol. The van der Waals surface area contributed by atoms with Gasteiger partial charge in [-0.05, 0) is 5.41 Å². The van der Waals surface area contributed by atoms with Gasteiger partial charge in [-0.25, -0.2) is 15.0 Å². The van der Waals surface area contributed by atoms with Crippen molar-refractivity contribution < 1.29 is 13.2 Å². The van der Waals surface area contributed by atoms with Crippen LogP contribution in [0.1, 0.15) is 0 Å². The SMILES string of the molecule is FC(F)(F)/C=C/Sc1ncnc2nc[nH]c12. The molecule has 8 heteroatoms. The van der Waals surface area contributed by atoms with Crippen molar-refractivity contribution in [1.82, 2.24) is 19.9 Å². The number of fused-ring (bicyclic) bond motifs is 1. The third-order valence-electron chi connectivity index (χ3n) is 1.62. The molecule has 0 aliphatic carbocycles. The molecule has 0 atom stereocenters. The van der Waals surface area contributed by atoms with Crippen LogP contribution >= 0.6 is 11.8 Å². The van der Waals surface area contributed by atoms with Crippen LogP contribution in [0.15, 0.2) is 29.2 Å². The van der Waals surface area contributed by atoms with E-state index in [2.05, 4.69) is 19.9 Å². The lowest BCUT2D eigenvalue weighted by Crippen LogP contribution is -1.99. The van der Waals surface area contributed by atoms with E-state index >= 15 is 0 Å². The highest BCUT2D eigenvalue weighted by Crippen LogP contribution is 2.25. The van der Waals surface area contributed by atoms with Crippen LogP contribution in [-0.4, -0.2) is 26.1 Å². The third-order valence-corrected chi connectivity index (χ3v) is 2.43. The van der Waals surface area contributed by atoms with E-state index in [-0.39, 0.29) is 6.08 Å². The van der Waals surface area contributed by atoms with Gasteiger partial charge in [0.2, 0.25) is 0 Å². The van der Waals surface area contributed by atoms with Crippen molar-refractivity contribution in [2.24, 2.45) is 0 Å². The van der Waals surface area contributed by atoms with E-state index in [1.54, 1.807) is 0 Å². The minimum absolute atomic E-state index is 0.155. The van der Waals surface area contributed by atoms with Crippen LogP contribution in [0.5, 0.6) is 0 Å². The van der Waals surface area contributed by atoms with Crippen LogP contribution in [0.4, 0.5) is 13.2 Å². The number of nitrogens with zero attached hydrogens (tertiary/aromatic N) is 3. The van der Waals surface area contributed by atoms with Crippen molar-refractivity contribution in [3.05, 3.63) is 24.1 Å². The van der Waals surface area contributed by atoms with E-state index in [0.717, 1.165) is 17.2 Å². The van der Waals surface area contributed by atoms with Gasteiger partial charge < -0.3 is 4.98 Å². The van der Waals surface area contributed by atoms with Crippen molar-refractivity contribution in [2.75, 3.05) is 0 Å². The first-order valence-electron chi connectivity index (χ1n) is 4.11. The van der Waals surface area contributed by atoms with E-state index < -0.39 is 6.18 Å². The lowest BCUT2D eigenvalue weighted by molar-refractivity contribution is -0.0796. The first-order valence-corrected chi connectivity index (χ1v) is 4.99. The van der Waals surface area contributed by atoms with Gasteiger partial charge in [0.1, 0.15) is 16.9 Å². The summed E-state index contributed by atoms with van der Waals surface area (Å²) >= 11 is 0.858. The molecule has 0 aromatic carbocycles. The zero-order chi connectivity index (χ0) is 11.6. The van der Waals surface area contributed by atoms with Gasteiger partial charge in [0.05, 0.1) is 6.33 Å². The lowest BCUT2D eigenvalue weighted by Gasteiger charge is -1.98. The average Bonchev–Trinajstić information content (AvgIpc) is 2.64. The van der Waals surface area contributed by atoms with Gasteiger partial charge in [-0.3, -0.25) is 0 Å². The zero-order valence-electron chi connectivity index (χ0n) is 7.69. The van der Waals surface area contributed by atoms with Gasteiger partial charge in [-0.15, -0.1) is 0 Å². The number of rotatable bonds is 2. The number of hydrogen-bond donors (Lipinski definition) is 1. The van der Waals surface area contributed by atoms with Gasteiger partial charge in [-0.2, -0.15) is 13.2 Å². The number of thioether (sulfide) groups is 1. The number of hydrogen-bond acceptors (Lipinski definition) is 4. The number of halogens is 3. The second-order valence-corrected chi connectivity index (χ2v) is 3.64. The standard InChI is InChI=1S/C8H5F3N4S/c9-8(10,11)1-2-16-7-5-6(13-3-12-5)14-4-15-7/h1-4H,(H,12,13,14,15)/b2-1+. The molecule has 2 rings (SSSR count). The number of H-pyrrole nitrogens is 1. The molecule has 0 unspecified atom stereocenters. The molecule has 0 saturated carbocycles. The van der Waals surface area contributed by atoms with Gasteiger partial charge >= 0.3 is 6.18 Å². The Kier molecular flexibility index (Phi) is 2.82. The van der Waals surface area contributed by atoms with Gasteiger partial charge in [-0.1, -0.05) is 11.8 Å². The largest absolute Gasteiger partial charge is 0.410 e. The molecule has 0 bridgehead atoms. The second kappa shape index (κ2) is 4.12. The first kappa shape index (κ1) is 10.9. The Labute approximate surface area is 92.0 Å². The fourth-order valence-electron chi connectivity index (χ4n) is 1.01. The van der Waals surface area contributed by atoms with E-state index in [9.17, 15) is 13.2 Å². The van der Waals surface area contributed by atoms with Crippen LogP contribution in [0.2, 0.25) is 0 Å². The Morgan fingerprint density at radius 3 is 2.81 bits per heavy atom. The van der Waals surface area contributed by atoms with Crippen LogP contribution < -0.4 is 0 Å². The number of aromatic amines is 1. The molecule has 0 amide bonds. The Hall–Kier alpha value is -1.57. The molecule has 0 aliphatic rings. The van der Waals surface area contributed by atoms with Crippen molar-refractivity contribution in [1.29, 1.82) is 0 Å². The second-order valence-electron chi connectivity index (χ2n) is 2.74. The summed E-state index contributed by atoms with van der Waals surface area (Å²) in [5.41, 5.74) is 0.956. The summed E-state index contributed by atoms with van der Waals surface area (Å²) in [5, 5.41) is 1.34. The molecule has 0 aliphatic heterocycles. The lowest BCUT2D eigenvalue weighted by atomic mass is 10.6. The van der Waals surface area contributed by atoms with Crippen LogP contribution in [0, 0.1) is 0 Å². The van der Waals surface area contributed by atoms with Gasteiger partial charge in [0, 0.05) is 6.08 Å². The maximum Gasteiger partial charge on any atom is 0.410 e. The molecule has 2 aromatic heterocycles. The number of alkyl halides is 3. The van der Waals surface area contributed by atoms with Gasteiger partial charge in [0.15, 0.2) is 5.65 Å². The summed E-state index contributed by atoms with van der Waals surface area (Å²) in [6.45, 7) is 0. The van der Waals surface area contributed by atoms with E-state index in [0.29, 0.717) is 16.2 Å². The molecule has 2 aromatic rings. The fraction of sp³-hybridized carbons (Fsp3) is 0.125. The Bertz CT molecular complexity index is 519. The van der Waals surface area contributed by atoms with Crippen LogP contribution in [0.3, 0.4) is 0 Å². The smallest absolute Gasteiger partial charge is 0.341 e. The maximum absolute atomic E-state index is 11.9. The van der Waals surface area contributed by atoms with Crippen molar-refractivity contribution in [3.63, 3.8) is 0 Å². The number of imidazole rings is 1. The summed E-state index contributed by atoms with van der Waals surface area (Å²) in [6.07, 6.45) is -1.49. The highest BCUT2D eigenvalue weighted by molar-refractivity contribution is 8.02. The molecule has 0 radical (unpaired) electrons. The summed E-state index contributed by atoms with van der Waals surface area (Å²) in [5.74, 6) is 0. The van der Waals surface area contributed by atoms with E-state index in [1.165, 1.54) is 12.7 Å². The number of aromatic nitrogens is 4. The normalized spacial score (nSPS) is 12.7. The van der Waals surface area contributed by atoms with Crippen molar-refractivity contribution in [3.8, 4) is 0 Å². The molecular formula is C8H5F3N4S. The minimum atomic E-state index is -4.31. The molecule has 0 fully saturated rings. The maximum atomic E-state index is 11.9. The average molecular weight is 246 g/mol. The molecule has 2 heterocycles. The van der Waals surface area contributed by atoms with E-state index in [4.69, 9.17) is 0 Å². The molecular weight excluding hydrogens is 241 g/mol. The molecule has 16 heavy (non-hydrogen) atoms. The third kappa shape index (κ3) is 2.51. The summed E-state index contributed by atoms with van der Waals surface area (Å²) in [6, 6.07) is 0. The highest BCUT2D eigenvalue weighted by atomic mass is 32.2. The fourth-order valence-corrected chi connectivity index (χ4v) is 1.74. The quantitative estimate of drug-likeness (QED) is 0.653. The van der Waals surface area contributed by atoms with Crippen molar-refractivity contribution in [2.45, 2.75) is 11.2 Å². The topological polar surface area (TPSA) is 54.5 Å². The number of allylic oxidation sites excluding steroid dienone is 1. The van der Waals surface area contributed by atoms with E-state index in [1.807, 2.05) is 0 Å². The Balaban J connectivity index is 2.22. The monoisotopic (exact) mass is 246 g/mol. The van der Waals surface area contributed by atoms with Crippen LogP contribution in [0.25, 0.3) is 11.2 Å². The Morgan fingerprint density at radius 1 is 1.25 bits per heavy atom. The van der Waals surface area contributed by atoms with Crippen molar-refractivity contribution >= 4 is 22.9 Å². The summed E-state index contributed by atoms with van der Waals surface area (Å²) in [7, 11) is 0. The molecule has 84 valence electrons. The minimum Gasteiger partial charge on any atom is -0.341 e. The first-order chi connectivity index (χ1) is 7.56. The predicted octanol–water partition coefficient (Wildman–Crippen LogP) is 2.52. The molecule has 1 N–H and O–H groups in total. The molecule has 0 spiro atoms. The van der Waals surface area contributed by atoms with Crippen LogP contribution in [-0.2, 0) is 0 Å². The summed E-state index contributed by atoms with van der Waals surface area (Å²) < 4.78 is 35.6. The Morgan fingerprint density at radius 2 is 2.06 bits per heavy atom. The molecule has 0 saturated heterocycles. The van der Waals surface area contributed by atoms with Gasteiger partial charge in [0.25, 0.3) is 0 Å². The zero-order valence-corrected chi connectivity index (χ0v) is 8.51. The molecule has 4 nitrogen and oxygen atoms in total. The highest BCUT2D eigenvalue weighted by Gasteiger charge is 2.21.